The summed E-state index contributed by atoms with van der Waals surface area (Å²) in [5.74, 6) is -0.545. The van der Waals surface area contributed by atoms with Gasteiger partial charge in [-0.3, -0.25) is 9.10 Å². The molecule has 116 valence electrons. The van der Waals surface area contributed by atoms with Crippen molar-refractivity contribution in [2.75, 3.05) is 10.6 Å². The standard InChI is InChI=1S/C16H18N2O3S/c1-12-3-5-13(6-4-12)11-18(22(2,20)21)15-9-7-14(8-10-15)16(17)19/h3-10H,11H2,1-2H3,(H2,17,19). The van der Waals surface area contributed by atoms with E-state index in [4.69, 9.17) is 5.73 Å². The zero-order chi connectivity index (χ0) is 16.3. The van der Waals surface area contributed by atoms with Gasteiger partial charge in [0.25, 0.3) is 0 Å². The van der Waals surface area contributed by atoms with Crippen LogP contribution in [0.2, 0.25) is 0 Å². The van der Waals surface area contributed by atoms with Crippen LogP contribution >= 0.6 is 0 Å². The minimum Gasteiger partial charge on any atom is -0.366 e. The molecule has 0 unspecified atom stereocenters. The first-order valence-electron chi connectivity index (χ1n) is 6.70. The number of nitrogens with zero attached hydrogens (tertiary/aromatic N) is 1. The molecule has 0 aliphatic rings. The molecule has 0 heterocycles. The van der Waals surface area contributed by atoms with Crippen LogP contribution < -0.4 is 10.0 Å². The maximum Gasteiger partial charge on any atom is 0.248 e. The molecule has 0 radical (unpaired) electrons. The van der Waals surface area contributed by atoms with Crippen molar-refractivity contribution in [2.24, 2.45) is 5.73 Å². The van der Waals surface area contributed by atoms with Gasteiger partial charge in [0.05, 0.1) is 18.5 Å². The van der Waals surface area contributed by atoms with E-state index in [1.807, 2.05) is 31.2 Å². The van der Waals surface area contributed by atoms with Gasteiger partial charge >= 0.3 is 0 Å². The largest absolute Gasteiger partial charge is 0.366 e. The monoisotopic (exact) mass is 318 g/mol. The van der Waals surface area contributed by atoms with E-state index in [0.717, 1.165) is 17.4 Å². The number of carbonyl (C=O) groups is 1. The molecule has 0 saturated carbocycles. The smallest absolute Gasteiger partial charge is 0.248 e. The third kappa shape index (κ3) is 3.85. The Morgan fingerprint density at radius 2 is 1.59 bits per heavy atom. The average molecular weight is 318 g/mol. The molecule has 0 aliphatic heterocycles. The van der Waals surface area contributed by atoms with Crippen LogP contribution in [0.25, 0.3) is 0 Å². The van der Waals surface area contributed by atoms with E-state index in [1.54, 1.807) is 12.1 Å². The van der Waals surface area contributed by atoms with E-state index in [2.05, 4.69) is 0 Å². The zero-order valence-corrected chi connectivity index (χ0v) is 13.3. The van der Waals surface area contributed by atoms with Crippen molar-refractivity contribution in [2.45, 2.75) is 13.5 Å². The molecule has 6 heteroatoms. The number of benzene rings is 2. The molecule has 2 rings (SSSR count). The fourth-order valence-corrected chi connectivity index (χ4v) is 2.94. The first-order valence-corrected chi connectivity index (χ1v) is 8.55. The van der Waals surface area contributed by atoms with Crippen LogP contribution in [0.15, 0.2) is 48.5 Å². The number of hydrogen-bond acceptors (Lipinski definition) is 3. The molecule has 0 bridgehead atoms. The van der Waals surface area contributed by atoms with Crippen molar-refractivity contribution >= 4 is 21.6 Å². The molecule has 2 aromatic carbocycles. The third-order valence-electron chi connectivity index (χ3n) is 3.29. The Balaban J connectivity index is 2.34. The van der Waals surface area contributed by atoms with E-state index in [9.17, 15) is 13.2 Å². The van der Waals surface area contributed by atoms with Crippen LogP contribution in [0.4, 0.5) is 5.69 Å². The maximum absolute atomic E-state index is 12.1. The van der Waals surface area contributed by atoms with Gasteiger partial charge in [-0.1, -0.05) is 29.8 Å². The van der Waals surface area contributed by atoms with Gasteiger partial charge in [-0.05, 0) is 36.8 Å². The highest BCUT2D eigenvalue weighted by Gasteiger charge is 2.18. The van der Waals surface area contributed by atoms with E-state index in [0.29, 0.717) is 11.3 Å². The lowest BCUT2D eigenvalue weighted by Crippen LogP contribution is -2.29. The topological polar surface area (TPSA) is 80.5 Å². The lowest BCUT2D eigenvalue weighted by molar-refractivity contribution is 0.100. The number of amides is 1. The lowest BCUT2D eigenvalue weighted by Gasteiger charge is -2.22. The fraction of sp³-hybridized carbons (Fsp3) is 0.188. The number of sulfonamides is 1. The highest BCUT2D eigenvalue weighted by atomic mass is 32.2. The predicted molar refractivity (Wildman–Crippen MR) is 87.2 cm³/mol. The summed E-state index contributed by atoms with van der Waals surface area (Å²) >= 11 is 0. The van der Waals surface area contributed by atoms with E-state index < -0.39 is 15.9 Å². The summed E-state index contributed by atoms with van der Waals surface area (Å²) in [6.45, 7) is 2.20. The minimum atomic E-state index is -3.44. The van der Waals surface area contributed by atoms with Crippen molar-refractivity contribution in [3.63, 3.8) is 0 Å². The molecule has 2 aromatic rings. The normalized spacial score (nSPS) is 11.2. The Kier molecular flexibility index (Phi) is 4.51. The number of carbonyl (C=O) groups excluding carboxylic acids is 1. The number of nitrogens with two attached hydrogens (primary N) is 1. The summed E-state index contributed by atoms with van der Waals surface area (Å²) in [4.78, 5) is 11.1. The van der Waals surface area contributed by atoms with Gasteiger partial charge in [-0.15, -0.1) is 0 Å². The number of anilines is 1. The van der Waals surface area contributed by atoms with Crippen LogP contribution in [0.5, 0.6) is 0 Å². The Bertz CT molecular complexity index is 766. The second-order valence-electron chi connectivity index (χ2n) is 5.17. The summed E-state index contributed by atoms with van der Waals surface area (Å²) in [5, 5.41) is 0. The summed E-state index contributed by atoms with van der Waals surface area (Å²) in [5.41, 5.74) is 8.02. The van der Waals surface area contributed by atoms with E-state index >= 15 is 0 Å². The Morgan fingerprint density at radius 3 is 2.05 bits per heavy atom. The van der Waals surface area contributed by atoms with Crippen LogP contribution in [0, 0.1) is 6.92 Å². The summed E-state index contributed by atoms with van der Waals surface area (Å²) < 4.78 is 25.4. The highest BCUT2D eigenvalue weighted by molar-refractivity contribution is 7.92. The number of hydrogen-bond donors (Lipinski definition) is 1. The summed E-state index contributed by atoms with van der Waals surface area (Å²) in [7, 11) is -3.44. The van der Waals surface area contributed by atoms with Gasteiger partial charge in [-0.2, -0.15) is 0 Å². The van der Waals surface area contributed by atoms with Crippen molar-refractivity contribution in [1.29, 1.82) is 0 Å². The molecular weight excluding hydrogens is 300 g/mol. The first-order chi connectivity index (χ1) is 10.3. The van der Waals surface area contributed by atoms with Gasteiger partial charge in [0.1, 0.15) is 0 Å². The van der Waals surface area contributed by atoms with Crippen LogP contribution in [-0.4, -0.2) is 20.6 Å². The van der Waals surface area contributed by atoms with Crippen LogP contribution in [-0.2, 0) is 16.6 Å². The quantitative estimate of drug-likeness (QED) is 0.916. The summed E-state index contributed by atoms with van der Waals surface area (Å²) in [6, 6.07) is 13.9. The SMILES string of the molecule is Cc1ccc(CN(c2ccc(C(N)=O)cc2)S(C)(=O)=O)cc1. The predicted octanol–water partition coefficient (Wildman–Crippen LogP) is 2.06. The summed E-state index contributed by atoms with van der Waals surface area (Å²) in [6.07, 6.45) is 1.16. The number of primary amides is 1. The molecule has 0 saturated heterocycles. The Hall–Kier alpha value is -2.34. The molecule has 0 spiro atoms. The molecule has 0 aromatic heterocycles. The van der Waals surface area contributed by atoms with E-state index in [1.165, 1.54) is 16.4 Å². The van der Waals surface area contributed by atoms with Gasteiger partial charge in [-0.25, -0.2) is 8.42 Å². The van der Waals surface area contributed by atoms with Gasteiger partial charge in [0.2, 0.25) is 15.9 Å². The lowest BCUT2D eigenvalue weighted by atomic mass is 10.1. The second-order valence-corrected chi connectivity index (χ2v) is 7.07. The Morgan fingerprint density at radius 1 is 1.05 bits per heavy atom. The minimum absolute atomic E-state index is 0.231. The van der Waals surface area contributed by atoms with Crippen molar-refractivity contribution in [3.8, 4) is 0 Å². The first kappa shape index (κ1) is 16.0. The second kappa shape index (κ2) is 6.19. The van der Waals surface area contributed by atoms with Gasteiger partial charge in [0.15, 0.2) is 0 Å². The zero-order valence-electron chi connectivity index (χ0n) is 12.5. The molecular formula is C16H18N2O3S. The Labute approximate surface area is 130 Å². The molecule has 2 N–H and O–H groups in total. The average Bonchev–Trinajstić information content (AvgIpc) is 2.45. The van der Waals surface area contributed by atoms with E-state index in [-0.39, 0.29) is 6.54 Å². The molecule has 0 aliphatic carbocycles. The van der Waals surface area contributed by atoms with Gasteiger partial charge < -0.3 is 5.73 Å². The number of aryl methyl sites for hydroxylation is 1. The van der Waals surface area contributed by atoms with Crippen molar-refractivity contribution < 1.29 is 13.2 Å². The fourth-order valence-electron chi connectivity index (χ4n) is 2.05. The molecule has 22 heavy (non-hydrogen) atoms. The van der Waals surface area contributed by atoms with Crippen LogP contribution in [0.3, 0.4) is 0 Å². The van der Waals surface area contributed by atoms with Gasteiger partial charge in [0, 0.05) is 5.56 Å². The molecule has 5 nitrogen and oxygen atoms in total. The van der Waals surface area contributed by atoms with Crippen molar-refractivity contribution in [1.82, 2.24) is 0 Å². The van der Waals surface area contributed by atoms with Crippen LogP contribution in [0.1, 0.15) is 21.5 Å². The molecule has 1 amide bonds. The maximum atomic E-state index is 12.1. The van der Waals surface area contributed by atoms with Crippen molar-refractivity contribution in [3.05, 3.63) is 65.2 Å². The molecule has 0 atom stereocenters. The molecule has 0 fully saturated rings. The highest BCUT2D eigenvalue weighted by Crippen LogP contribution is 2.21. The number of rotatable bonds is 5. The third-order valence-corrected chi connectivity index (χ3v) is 4.43.